The van der Waals surface area contributed by atoms with Crippen molar-refractivity contribution in [1.29, 1.82) is 0 Å². The zero-order valence-corrected chi connectivity index (χ0v) is 18.3. The summed E-state index contributed by atoms with van der Waals surface area (Å²) >= 11 is 1.41. The lowest BCUT2D eigenvalue weighted by Gasteiger charge is -2.11. The molecule has 0 atom stereocenters. The third kappa shape index (κ3) is 6.30. The summed E-state index contributed by atoms with van der Waals surface area (Å²) in [6.07, 6.45) is 0.0525. The minimum atomic E-state index is -3.84. The normalized spacial score (nSPS) is 10.9. The van der Waals surface area contributed by atoms with Crippen LogP contribution in [0, 0.1) is 0 Å². The fraction of sp³-hybridized carbons (Fsp3) is 0.143. The van der Waals surface area contributed by atoms with Crippen LogP contribution in [0.15, 0.2) is 70.3 Å². The number of rotatable bonds is 9. The lowest BCUT2D eigenvalue weighted by atomic mass is 10.3. The van der Waals surface area contributed by atoms with Gasteiger partial charge in [0.05, 0.1) is 12.0 Å². The number of anilines is 2. The molecular weight excluding hydrogens is 438 g/mol. The molecule has 0 saturated carbocycles. The molecule has 3 aromatic rings. The van der Waals surface area contributed by atoms with Crippen molar-refractivity contribution in [2.24, 2.45) is 0 Å². The Morgan fingerprint density at radius 2 is 1.81 bits per heavy atom. The average molecular weight is 460 g/mol. The number of benzene rings is 2. The van der Waals surface area contributed by atoms with Crippen molar-refractivity contribution in [3.05, 3.63) is 70.9 Å². The Hall–Kier alpha value is -3.37. The maximum atomic E-state index is 12.7. The molecule has 31 heavy (non-hydrogen) atoms. The molecule has 2 amide bonds. The van der Waals surface area contributed by atoms with Crippen molar-refractivity contribution >= 4 is 44.5 Å². The summed E-state index contributed by atoms with van der Waals surface area (Å²) in [5.74, 6) is 0.0224. The Kier molecular flexibility index (Phi) is 7.27. The van der Waals surface area contributed by atoms with E-state index >= 15 is 0 Å². The van der Waals surface area contributed by atoms with E-state index in [0.29, 0.717) is 22.7 Å². The Labute approximate surface area is 184 Å². The predicted octanol–water partition coefficient (Wildman–Crippen LogP) is 3.32. The molecule has 0 saturated heterocycles. The fourth-order valence-electron chi connectivity index (χ4n) is 2.62. The number of methoxy groups -OCH3 is 1. The van der Waals surface area contributed by atoms with Gasteiger partial charge in [0.25, 0.3) is 15.9 Å². The maximum Gasteiger partial charge on any atom is 0.261 e. The summed E-state index contributed by atoms with van der Waals surface area (Å²) in [5.41, 5.74) is 1.27. The molecule has 0 aliphatic carbocycles. The van der Waals surface area contributed by atoms with E-state index in [1.54, 1.807) is 47.2 Å². The Morgan fingerprint density at radius 3 is 2.48 bits per heavy atom. The zero-order chi connectivity index (χ0) is 22.3. The highest BCUT2D eigenvalue weighted by atomic mass is 32.2. The first-order valence-corrected chi connectivity index (χ1v) is 11.7. The van der Waals surface area contributed by atoms with Gasteiger partial charge in [-0.05, 0) is 53.9 Å². The van der Waals surface area contributed by atoms with Crippen molar-refractivity contribution in [2.45, 2.75) is 11.3 Å². The van der Waals surface area contributed by atoms with Crippen LogP contribution < -0.4 is 20.1 Å². The second-order valence-electron chi connectivity index (χ2n) is 6.43. The first kappa shape index (κ1) is 22.3. The van der Waals surface area contributed by atoms with Crippen LogP contribution in [-0.2, 0) is 14.8 Å². The molecule has 0 aliphatic rings. The number of nitrogens with one attached hydrogen (secondary N) is 3. The number of carbonyl (C=O) groups is 2. The minimum Gasteiger partial charge on any atom is -0.497 e. The van der Waals surface area contributed by atoms with E-state index in [1.165, 1.54) is 36.6 Å². The quantitative estimate of drug-likeness (QED) is 0.454. The van der Waals surface area contributed by atoms with Gasteiger partial charge in [0, 0.05) is 35.3 Å². The number of ether oxygens (including phenoxy) is 1. The van der Waals surface area contributed by atoms with Crippen molar-refractivity contribution in [2.75, 3.05) is 23.7 Å². The molecule has 3 N–H and O–H groups in total. The molecule has 0 radical (unpaired) electrons. The average Bonchev–Trinajstić information content (AvgIpc) is 3.29. The Morgan fingerprint density at radius 1 is 1.03 bits per heavy atom. The Bertz CT molecular complexity index is 1140. The third-order valence-electron chi connectivity index (χ3n) is 4.19. The molecule has 162 valence electrons. The lowest BCUT2D eigenvalue weighted by molar-refractivity contribution is -0.116. The van der Waals surface area contributed by atoms with E-state index in [-0.39, 0.29) is 29.7 Å². The van der Waals surface area contributed by atoms with Crippen LogP contribution in [0.4, 0.5) is 11.4 Å². The van der Waals surface area contributed by atoms with Gasteiger partial charge in [-0.3, -0.25) is 14.3 Å². The predicted molar refractivity (Wildman–Crippen MR) is 120 cm³/mol. The van der Waals surface area contributed by atoms with E-state index in [0.717, 1.165) is 0 Å². The first-order valence-electron chi connectivity index (χ1n) is 9.24. The molecule has 1 aromatic heterocycles. The summed E-state index contributed by atoms with van der Waals surface area (Å²) in [5, 5.41) is 8.83. The van der Waals surface area contributed by atoms with Crippen LogP contribution in [0.5, 0.6) is 5.75 Å². The topological polar surface area (TPSA) is 114 Å². The summed E-state index contributed by atoms with van der Waals surface area (Å²) < 4.78 is 32.8. The highest BCUT2D eigenvalue weighted by Crippen LogP contribution is 2.21. The van der Waals surface area contributed by atoms with Gasteiger partial charge in [0.2, 0.25) is 5.91 Å². The molecule has 0 fully saturated rings. The lowest BCUT2D eigenvalue weighted by Crippen LogP contribution is -2.27. The molecule has 8 nitrogen and oxygen atoms in total. The minimum absolute atomic E-state index is 0.00637. The molecule has 1 heterocycles. The molecule has 0 spiro atoms. The van der Waals surface area contributed by atoms with E-state index < -0.39 is 10.0 Å². The monoisotopic (exact) mass is 459 g/mol. The van der Waals surface area contributed by atoms with Crippen LogP contribution in [0.1, 0.15) is 16.8 Å². The zero-order valence-electron chi connectivity index (χ0n) is 16.6. The molecule has 2 aromatic carbocycles. The number of hydrogen-bond acceptors (Lipinski definition) is 6. The van der Waals surface area contributed by atoms with Crippen LogP contribution in [0.25, 0.3) is 0 Å². The first-order chi connectivity index (χ1) is 14.9. The fourth-order valence-corrected chi connectivity index (χ4v) is 4.36. The summed E-state index contributed by atoms with van der Waals surface area (Å²) in [6, 6.07) is 14.1. The summed E-state index contributed by atoms with van der Waals surface area (Å²) in [4.78, 5) is 24.0. The summed E-state index contributed by atoms with van der Waals surface area (Å²) in [7, 11) is -2.32. The van der Waals surface area contributed by atoms with Gasteiger partial charge in [-0.1, -0.05) is 6.07 Å². The molecule has 0 bridgehead atoms. The van der Waals surface area contributed by atoms with Gasteiger partial charge in [-0.2, -0.15) is 11.3 Å². The van der Waals surface area contributed by atoms with Crippen LogP contribution >= 0.6 is 11.3 Å². The van der Waals surface area contributed by atoms with Gasteiger partial charge >= 0.3 is 0 Å². The smallest absolute Gasteiger partial charge is 0.261 e. The van der Waals surface area contributed by atoms with Crippen molar-refractivity contribution in [3.8, 4) is 5.75 Å². The second-order valence-corrected chi connectivity index (χ2v) is 8.89. The molecular formula is C21H21N3O5S2. The van der Waals surface area contributed by atoms with Gasteiger partial charge < -0.3 is 15.4 Å². The molecule has 10 heteroatoms. The number of amides is 2. The third-order valence-corrected chi connectivity index (χ3v) is 6.25. The summed E-state index contributed by atoms with van der Waals surface area (Å²) in [6.45, 7) is 0.164. The molecule has 0 unspecified atom stereocenters. The van der Waals surface area contributed by atoms with Crippen molar-refractivity contribution in [1.82, 2.24) is 5.32 Å². The number of sulfonamides is 1. The largest absolute Gasteiger partial charge is 0.497 e. The highest BCUT2D eigenvalue weighted by molar-refractivity contribution is 7.92. The van der Waals surface area contributed by atoms with E-state index in [1.807, 2.05) is 0 Å². The highest BCUT2D eigenvalue weighted by Gasteiger charge is 2.15. The number of hydrogen-bond donors (Lipinski definition) is 3. The van der Waals surface area contributed by atoms with E-state index in [9.17, 15) is 18.0 Å². The van der Waals surface area contributed by atoms with Gasteiger partial charge in [0.1, 0.15) is 5.75 Å². The van der Waals surface area contributed by atoms with Gasteiger partial charge in [-0.25, -0.2) is 8.42 Å². The van der Waals surface area contributed by atoms with E-state index in [2.05, 4.69) is 15.4 Å². The maximum absolute atomic E-state index is 12.7. The SMILES string of the molecule is COc1ccc(NS(=O)(=O)c2cccc(NC(=O)CCNC(=O)c3ccsc3)c2)cc1. The van der Waals surface area contributed by atoms with Crippen LogP contribution in [0.3, 0.4) is 0 Å². The van der Waals surface area contributed by atoms with Crippen molar-refractivity contribution < 1.29 is 22.7 Å². The second kappa shape index (κ2) is 10.1. The van der Waals surface area contributed by atoms with Gasteiger partial charge in [0.15, 0.2) is 0 Å². The van der Waals surface area contributed by atoms with Gasteiger partial charge in [-0.15, -0.1) is 0 Å². The Balaban J connectivity index is 1.57. The number of thiophene rings is 1. The van der Waals surface area contributed by atoms with Crippen molar-refractivity contribution in [3.63, 3.8) is 0 Å². The van der Waals surface area contributed by atoms with Crippen LogP contribution in [0.2, 0.25) is 0 Å². The standard InChI is InChI=1S/C21H21N3O5S2/c1-29-18-7-5-16(6-8-18)24-31(27,28)19-4-2-3-17(13-19)23-20(25)9-11-22-21(26)15-10-12-30-14-15/h2-8,10,12-14,24H,9,11H2,1H3,(H,22,26)(H,23,25). The number of carbonyl (C=O) groups excluding carboxylic acids is 2. The van der Waals surface area contributed by atoms with Crippen LogP contribution in [-0.4, -0.2) is 33.9 Å². The molecule has 0 aliphatic heterocycles. The molecule has 3 rings (SSSR count). The van der Waals surface area contributed by atoms with E-state index in [4.69, 9.17) is 4.74 Å².